The average molecular weight is 319 g/mol. The van der Waals surface area contributed by atoms with Gasteiger partial charge in [-0.3, -0.25) is 4.79 Å². The van der Waals surface area contributed by atoms with E-state index in [0.717, 1.165) is 18.4 Å². The van der Waals surface area contributed by atoms with E-state index in [9.17, 15) is 9.59 Å². The van der Waals surface area contributed by atoms with Crippen LogP contribution in [0.1, 0.15) is 28.8 Å². The summed E-state index contributed by atoms with van der Waals surface area (Å²) in [5.41, 5.74) is 0.806. The molecule has 0 bridgehead atoms. The minimum Gasteiger partial charge on any atom is -0.478 e. The summed E-state index contributed by atoms with van der Waals surface area (Å²) in [5.74, 6) is -0.903. The molecule has 0 unspecified atom stereocenters. The molecule has 1 spiro atoms. The quantitative estimate of drug-likeness (QED) is 0.910. The van der Waals surface area contributed by atoms with Crippen molar-refractivity contribution in [1.29, 1.82) is 0 Å². The first kappa shape index (κ1) is 16.0. The van der Waals surface area contributed by atoms with Crippen molar-refractivity contribution in [2.24, 2.45) is 0 Å². The maximum absolute atomic E-state index is 12.5. The third-order valence-electron chi connectivity index (χ3n) is 4.56. The van der Waals surface area contributed by atoms with Gasteiger partial charge in [0.1, 0.15) is 0 Å². The first-order valence-corrected chi connectivity index (χ1v) is 7.90. The van der Waals surface area contributed by atoms with E-state index < -0.39 is 5.97 Å². The number of benzene rings is 1. The van der Waals surface area contributed by atoms with Crippen LogP contribution >= 0.6 is 0 Å². The van der Waals surface area contributed by atoms with Crippen LogP contribution in [0.3, 0.4) is 0 Å². The van der Waals surface area contributed by atoms with E-state index in [-0.39, 0.29) is 23.5 Å². The molecule has 0 saturated carbocycles. The number of carbonyl (C=O) groups is 2. The maximum Gasteiger partial charge on any atom is 0.335 e. The molecule has 0 aliphatic carbocycles. The second kappa shape index (κ2) is 6.68. The number of hydrogen-bond acceptors (Lipinski definition) is 4. The molecular weight excluding hydrogens is 298 g/mol. The van der Waals surface area contributed by atoms with Crippen molar-refractivity contribution in [2.45, 2.75) is 24.9 Å². The summed E-state index contributed by atoms with van der Waals surface area (Å²) in [6, 6.07) is 6.46. The van der Waals surface area contributed by atoms with Crippen molar-refractivity contribution < 1.29 is 24.2 Å². The summed E-state index contributed by atoms with van der Waals surface area (Å²) < 4.78 is 11.3. The van der Waals surface area contributed by atoms with Crippen LogP contribution in [0.5, 0.6) is 0 Å². The first-order chi connectivity index (χ1) is 11.1. The SMILES string of the molecule is O=C(O)c1ccc(CC(=O)N2CCOC3(CCOCC3)C2)cc1. The topological polar surface area (TPSA) is 76.1 Å². The molecule has 6 heteroatoms. The lowest BCUT2D eigenvalue weighted by molar-refractivity contribution is -0.167. The van der Waals surface area contributed by atoms with E-state index >= 15 is 0 Å². The monoisotopic (exact) mass is 319 g/mol. The van der Waals surface area contributed by atoms with Crippen LogP contribution in [-0.2, 0) is 20.7 Å². The summed E-state index contributed by atoms with van der Waals surface area (Å²) in [4.78, 5) is 25.3. The standard InChI is InChI=1S/C17H21NO5/c19-15(11-13-1-3-14(4-2-13)16(20)21)18-7-10-23-17(12-18)5-8-22-9-6-17/h1-4H,5-12H2,(H,20,21). The Kier molecular flexibility index (Phi) is 4.63. The first-order valence-electron chi connectivity index (χ1n) is 7.90. The van der Waals surface area contributed by atoms with Crippen LogP contribution < -0.4 is 0 Å². The van der Waals surface area contributed by atoms with Gasteiger partial charge in [-0.15, -0.1) is 0 Å². The number of carboxylic acid groups (broad SMARTS) is 1. The molecule has 124 valence electrons. The largest absolute Gasteiger partial charge is 0.478 e. The Morgan fingerprint density at radius 1 is 1.13 bits per heavy atom. The number of aromatic carboxylic acids is 1. The fourth-order valence-electron chi connectivity index (χ4n) is 3.16. The van der Waals surface area contributed by atoms with Gasteiger partial charge in [0.2, 0.25) is 5.91 Å². The average Bonchev–Trinajstić information content (AvgIpc) is 2.56. The second-order valence-corrected chi connectivity index (χ2v) is 6.14. The van der Waals surface area contributed by atoms with Gasteiger partial charge in [0.05, 0.1) is 24.2 Å². The van der Waals surface area contributed by atoms with E-state index in [1.807, 2.05) is 4.90 Å². The zero-order valence-electron chi connectivity index (χ0n) is 13.0. The number of morpholine rings is 1. The van der Waals surface area contributed by atoms with Crippen molar-refractivity contribution in [3.05, 3.63) is 35.4 Å². The van der Waals surface area contributed by atoms with Gasteiger partial charge in [0, 0.05) is 39.1 Å². The predicted molar refractivity (Wildman–Crippen MR) is 82.4 cm³/mol. The fourth-order valence-corrected chi connectivity index (χ4v) is 3.16. The van der Waals surface area contributed by atoms with E-state index in [4.69, 9.17) is 14.6 Å². The summed E-state index contributed by atoms with van der Waals surface area (Å²) in [6.45, 7) is 3.14. The number of rotatable bonds is 3. The molecule has 2 saturated heterocycles. The van der Waals surface area contributed by atoms with Crippen LogP contribution in [0.15, 0.2) is 24.3 Å². The Morgan fingerprint density at radius 2 is 1.83 bits per heavy atom. The predicted octanol–water partition coefficient (Wildman–Crippen LogP) is 1.34. The van der Waals surface area contributed by atoms with E-state index in [1.54, 1.807) is 12.1 Å². The Hall–Kier alpha value is -1.92. The van der Waals surface area contributed by atoms with Crippen LogP contribution in [0.2, 0.25) is 0 Å². The molecule has 2 aliphatic rings. The summed E-state index contributed by atoms with van der Waals surface area (Å²) >= 11 is 0. The van der Waals surface area contributed by atoms with Gasteiger partial charge < -0.3 is 19.5 Å². The highest BCUT2D eigenvalue weighted by Crippen LogP contribution is 2.29. The highest BCUT2D eigenvalue weighted by atomic mass is 16.5. The third-order valence-corrected chi connectivity index (χ3v) is 4.56. The van der Waals surface area contributed by atoms with Gasteiger partial charge >= 0.3 is 5.97 Å². The molecule has 0 aromatic heterocycles. The van der Waals surface area contributed by atoms with Gasteiger partial charge in [0.15, 0.2) is 0 Å². The van der Waals surface area contributed by atoms with Crippen molar-refractivity contribution in [2.75, 3.05) is 32.9 Å². The highest BCUT2D eigenvalue weighted by molar-refractivity contribution is 5.87. The van der Waals surface area contributed by atoms with Gasteiger partial charge in [-0.1, -0.05) is 12.1 Å². The Labute approximate surface area is 135 Å². The smallest absolute Gasteiger partial charge is 0.335 e. The van der Waals surface area contributed by atoms with Gasteiger partial charge in [-0.25, -0.2) is 4.79 Å². The number of carbonyl (C=O) groups excluding carboxylic acids is 1. The molecule has 6 nitrogen and oxygen atoms in total. The van der Waals surface area contributed by atoms with Crippen LogP contribution in [0, 0.1) is 0 Å². The van der Waals surface area contributed by atoms with E-state index in [2.05, 4.69) is 0 Å². The molecule has 2 aliphatic heterocycles. The number of nitrogens with zero attached hydrogens (tertiary/aromatic N) is 1. The Bertz CT molecular complexity index is 572. The van der Waals surface area contributed by atoms with Crippen molar-refractivity contribution in [1.82, 2.24) is 4.90 Å². The maximum atomic E-state index is 12.5. The molecule has 0 radical (unpaired) electrons. The minimum atomic E-state index is -0.961. The number of amides is 1. The van der Waals surface area contributed by atoms with Gasteiger partial charge in [-0.05, 0) is 17.7 Å². The molecule has 1 N–H and O–H groups in total. The zero-order valence-corrected chi connectivity index (χ0v) is 13.0. The second-order valence-electron chi connectivity index (χ2n) is 6.14. The summed E-state index contributed by atoms with van der Waals surface area (Å²) in [6.07, 6.45) is 1.93. The fraction of sp³-hybridized carbons (Fsp3) is 0.529. The van der Waals surface area contributed by atoms with Crippen molar-refractivity contribution >= 4 is 11.9 Å². The molecule has 1 aromatic carbocycles. The molecule has 3 rings (SSSR count). The Balaban J connectivity index is 1.62. The number of carboxylic acids is 1. The zero-order chi connectivity index (χ0) is 16.3. The molecule has 23 heavy (non-hydrogen) atoms. The summed E-state index contributed by atoms with van der Waals surface area (Å²) in [5, 5.41) is 8.90. The normalized spacial score (nSPS) is 20.4. The highest BCUT2D eigenvalue weighted by Gasteiger charge is 2.39. The van der Waals surface area contributed by atoms with Crippen molar-refractivity contribution in [3.8, 4) is 0 Å². The Morgan fingerprint density at radius 3 is 2.48 bits per heavy atom. The molecule has 1 aromatic rings. The van der Waals surface area contributed by atoms with E-state index in [0.29, 0.717) is 32.9 Å². The molecule has 0 atom stereocenters. The molecular formula is C17H21NO5. The lowest BCUT2D eigenvalue weighted by Crippen LogP contribution is -2.56. The van der Waals surface area contributed by atoms with Gasteiger partial charge in [-0.2, -0.15) is 0 Å². The van der Waals surface area contributed by atoms with E-state index in [1.165, 1.54) is 12.1 Å². The molecule has 1 amide bonds. The summed E-state index contributed by atoms with van der Waals surface area (Å²) in [7, 11) is 0. The molecule has 2 fully saturated rings. The third kappa shape index (κ3) is 3.71. The lowest BCUT2D eigenvalue weighted by atomic mass is 9.92. The minimum absolute atomic E-state index is 0.0576. The van der Waals surface area contributed by atoms with Crippen LogP contribution in [0.4, 0.5) is 0 Å². The van der Waals surface area contributed by atoms with Crippen molar-refractivity contribution in [3.63, 3.8) is 0 Å². The molecule has 2 heterocycles. The number of ether oxygens (including phenoxy) is 2. The van der Waals surface area contributed by atoms with Crippen LogP contribution in [-0.4, -0.2) is 60.4 Å². The van der Waals surface area contributed by atoms with Gasteiger partial charge in [0.25, 0.3) is 0 Å². The lowest BCUT2D eigenvalue weighted by Gasteiger charge is -2.44. The number of hydrogen-bond donors (Lipinski definition) is 1. The van der Waals surface area contributed by atoms with Crippen LogP contribution in [0.25, 0.3) is 0 Å².